The number of rotatable bonds is 5. The maximum atomic E-state index is 4.23. The van der Waals surface area contributed by atoms with Crippen molar-refractivity contribution in [2.24, 2.45) is 0 Å². The average Bonchev–Trinajstić information content (AvgIpc) is 2.56. The molecule has 0 spiro atoms. The molecule has 0 unspecified atom stereocenters. The summed E-state index contributed by atoms with van der Waals surface area (Å²) in [6.07, 6.45) is 0. The van der Waals surface area contributed by atoms with Crippen molar-refractivity contribution in [1.82, 2.24) is 4.90 Å². The lowest BCUT2D eigenvalue weighted by Gasteiger charge is -2.17. The summed E-state index contributed by atoms with van der Waals surface area (Å²) >= 11 is 6.05. The molecule has 0 aliphatic rings. The van der Waals surface area contributed by atoms with Crippen molar-refractivity contribution in [2.75, 3.05) is 18.8 Å². The van der Waals surface area contributed by atoms with E-state index in [-0.39, 0.29) is 0 Å². The zero-order valence-electron chi connectivity index (χ0n) is 7.36. The first-order valence-electron chi connectivity index (χ1n) is 4.22. The van der Waals surface area contributed by atoms with Crippen molar-refractivity contribution in [3.05, 3.63) is 22.4 Å². The Morgan fingerprint density at radius 3 is 2.92 bits per heavy atom. The molecule has 0 N–H and O–H groups in total. The Morgan fingerprint density at radius 1 is 1.58 bits per heavy atom. The molecule has 0 fully saturated rings. The predicted molar refractivity (Wildman–Crippen MR) is 59.1 cm³/mol. The summed E-state index contributed by atoms with van der Waals surface area (Å²) in [5, 5.41) is 2.13. The second kappa shape index (κ2) is 5.62. The second-order valence-corrected chi connectivity index (χ2v) is 4.15. The highest BCUT2D eigenvalue weighted by Crippen LogP contribution is 2.11. The molecular formula is C9H15NS2. The first-order valence-corrected chi connectivity index (χ1v) is 5.73. The van der Waals surface area contributed by atoms with Gasteiger partial charge in [-0.1, -0.05) is 13.0 Å². The molecule has 1 aromatic heterocycles. The summed E-state index contributed by atoms with van der Waals surface area (Å²) in [4.78, 5) is 3.84. The van der Waals surface area contributed by atoms with E-state index in [0.717, 1.165) is 25.4 Å². The molecule has 0 saturated heterocycles. The van der Waals surface area contributed by atoms with E-state index in [2.05, 4.69) is 42.0 Å². The number of thiophene rings is 1. The summed E-state index contributed by atoms with van der Waals surface area (Å²) < 4.78 is 0. The number of thiol groups is 1. The second-order valence-electron chi connectivity index (χ2n) is 2.67. The Morgan fingerprint density at radius 2 is 2.42 bits per heavy atom. The van der Waals surface area contributed by atoms with Gasteiger partial charge in [-0.25, -0.2) is 0 Å². The van der Waals surface area contributed by atoms with Crippen molar-refractivity contribution in [1.29, 1.82) is 0 Å². The predicted octanol–water partition coefficient (Wildman–Crippen LogP) is 2.50. The van der Waals surface area contributed by atoms with E-state index >= 15 is 0 Å². The highest BCUT2D eigenvalue weighted by molar-refractivity contribution is 7.80. The first-order chi connectivity index (χ1) is 5.86. The van der Waals surface area contributed by atoms with Gasteiger partial charge in [-0.3, -0.25) is 4.90 Å². The Balaban J connectivity index is 2.37. The zero-order chi connectivity index (χ0) is 8.81. The van der Waals surface area contributed by atoms with Crippen LogP contribution >= 0.6 is 24.0 Å². The number of nitrogens with zero attached hydrogens (tertiary/aromatic N) is 1. The Kier molecular flexibility index (Phi) is 4.73. The summed E-state index contributed by atoms with van der Waals surface area (Å²) in [6, 6.07) is 4.29. The van der Waals surface area contributed by atoms with Crippen LogP contribution in [0, 0.1) is 0 Å². The largest absolute Gasteiger partial charge is 0.298 e. The lowest BCUT2D eigenvalue weighted by atomic mass is 10.4. The third-order valence-electron chi connectivity index (χ3n) is 1.82. The van der Waals surface area contributed by atoms with E-state index in [1.165, 1.54) is 4.88 Å². The normalized spacial score (nSPS) is 10.9. The van der Waals surface area contributed by atoms with Gasteiger partial charge in [0, 0.05) is 23.7 Å². The van der Waals surface area contributed by atoms with E-state index in [1.54, 1.807) is 0 Å². The van der Waals surface area contributed by atoms with Crippen molar-refractivity contribution in [3.8, 4) is 0 Å². The van der Waals surface area contributed by atoms with Crippen LogP contribution in [-0.4, -0.2) is 23.7 Å². The lowest BCUT2D eigenvalue weighted by molar-refractivity contribution is 0.301. The van der Waals surface area contributed by atoms with E-state index in [0.29, 0.717) is 0 Å². The van der Waals surface area contributed by atoms with Gasteiger partial charge in [0.25, 0.3) is 0 Å². The Hall–Kier alpha value is 0.01000. The minimum Gasteiger partial charge on any atom is -0.298 e. The summed E-state index contributed by atoms with van der Waals surface area (Å²) in [6.45, 7) is 5.46. The molecule has 0 saturated carbocycles. The van der Waals surface area contributed by atoms with Crippen LogP contribution in [0.25, 0.3) is 0 Å². The molecule has 1 heterocycles. The van der Waals surface area contributed by atoms with Gasteiger partial charge >= 0.3 is 0 Å². The quantitative estimate of drug-likeness (QED) is 0.716. The van der Waals surface area contributed by atoms with Crippen molar-refractivity contribution in [2.45, 2.75) is 13.5 Å². The molecule has 0 atom stereocenters. The minimum atomic E-state index is 0.944. The molecule has 0 aromatic carbocycles. The maximum Gasteiger partial charge on any atom is 0.0328 e. The van der Waals surface area contributed by atoms with Crippen LogP contribution in [0.3, 0.4) is 0 Å². The fourth-order valence-corrected chi connectivity index (χ4v) is 2.14. The van der Waals surface area contributed by atoms with E-state index < -0.39 is 0 Å². The summed E-state index contributed by atoms with van der Waals surface area (Å²) in [5.74, 6) is 0.944. The summed E-state index contributed by atoms with van der Waals surface area (Å²) in [5.41, 5.74) is 0. The van der Waals surface area contributed by atoms with Gasteiger partial charge in [-0.15, -0.1) is 11.3 Å². The van der Waals surface area contributed by atoms with Gasteiger partial charge in [0.2, 0.25) is 0 Å². The molecule has 0 bridgehead atoms. The molecular weight excluding hydrogens is 186 g/mol. The monoisotopic (exact) mass is 201 g/mol. The van der Waals surface area contributed by atoms with Crippen LogP contribution in [0.2, 0.25) is 0 Å². The van der Waals surface area contributed by atoms with Crippen LogP contribution in [0.1, 0.15) is 11.8 Å². The van der Waals surface area contributed by atoms with Crippen LogP contribution < -0.4 is 0 Å². The van der Waals surface area contributed by atoms with Gasteiger partial charge < -0.3 is 0 Å². The molecule has 0 amide bonds. The van der Waals surface area contributed by atoms with Crippen LogP contribution in [0.4, 0.5) is 0 Å². The Labute approximate surface area is 83.8 Å². The van der Waals surface area contributed by atoms with E-state index in [1.807, 2.05) is 11.3 Å². The third-order valence-corrected chi connectivity index (χ3v) is 2.88. The molecule has 1 aromatic rings. The van der Waals surface area contributed by atoms with Crippen molar-refractivity contribution >= 4 is 24.0 Å². The minimum absolute atomic E-state index is 0.944. The molecule has 3 heteroatoms. The molecule has 68 valence electrons. The van der Waals surface area contributed by atoms with Gasteiger partial charge in [0.05, 0.1) is 0 Å². The topological polar surface area (TPSA) is 3.24 Å². The zero-order valence-corrected chi connectivity index (χ0v) is 9.07. The Bertz CT molecular complexity index is 196. The van der Waals surface area contributed by atoms with Gasteiger partial charge in [0.15, 0.2) is 0 Å². The summed E-state index contributed by atoms with van der Waals surface area (Å²) in [7, 11) is 0. The fraction of sp³-hybridized carbons (Fsp3) is 0.556. The van der Waals surface area contributed by atoms with E-state index in [4.69, 9.17) is 0 Å². The van der Waals surface area contributed by atoms with Gasteiger partial charge in [-0.2, -0.15) is 12.6 Å². The van der Waals surface area contributed by atoms with E-state index in [9.17, 15) is 0 Å². The third kappa shape index (κ3) is 3.17. The molecule has 1 rings (SSSR count). The molecule has 0 aliphatic carbocycles. The fourth-order valence-electron chi connectivity index (χ4n) is 1.11. The molecule has 0 aliphatic heterocycles. The van der Waals surface area contributed by atoms with Crippen LogP contribution in [-0.2, 0) is 6.54 Å². The van der Waals surface area contributed by atoms with Gasteiger partial charge in [0.1, 0.15) is 0 Å². The highest BCUT2D eigenvalue weighted by atomic mass is 32.1. The molecule has 1 nitrogen and oxygen atoms in total. The molecule has 12 heavy (non-hydrogen) atoms. The highest BCUT2D eigenvalue weighted by Gasteiger charge is 2.02. The maximum absolute atomic E-state index is 4.23. The van der Waals surface area contributed by atoms with Crippen molar-refractivity contribution < 1.29 is 0 Å². The lowest BCUT2D eigenvalue weighted by Crippen LogP contribution is -2.24. The van der Waals surface area contributed by atoms with Gasteiger partial charge in [-0.05, 0) is 18.0 Å². The number of hydrogen-bond donors (Lipinski definition) is 1. The average molecular weight is 201 g/mol. The van der Waals surface area contributed by atoms with Crippen LogP contribution in [0.15, 0.2) is 17.5 Å². The SMILES string of the molecule is CCN(CCS)Cc1cccs1. The first kappa shape index (κ1) is 10.1. The van der Waals surface area contributed by atoms with Crippen molar-refractivity contribution in [3.63, 3.8) is 0 Å². The standard InChI is InChI=1S/C9H15NS2/c1-2-10(5-6-11)8-9-4-3-7-12-9/h3-4,7,11H,2,5-6,8H2,1H3. The van der Waals surface area contributed by atoms with Crippen LogP contribution in [0.5, 0.6) is 0 Å². The smallest absolute Gasteiger partial charge is 0.0328 e. The number of hydrogen-bond acceptors (Lipinski definition) is 3. The molecule has 0 radical (unpaired) electrons.